The van der Waals surface area contributed by atoms with Gasteiger partial charge in [0.15, 0.2) is 4.75 Å². The summed E-state index contributed by atoms with van der Waals surface area (Å²) in [7, 11) is -3.62. The largest absolute Gasteiger partial charge is 0.222 e. The first-order valence-corrected chi connectivity index (χ1v) is 6.89. The van der Waals surface area contributed by atoms with Crippen molar-refractivity contribution in [3.05, 3.63) is 42.0 Å². The second-order valence-electron chi connectivity index (χ2n) is 4.31. The number of nitriles is 1. The van der Waals surface area contributed by atoms with E-state index >= 15 is 0 Å². The molecular weight excluding hydrogens is 234 g/mol. The molecule has 0 N–H and O–H groups in total. The van der Waals surface area contributed by atoms with Gasteiger partial charge in [0.05, 0.1) is 11.0 Å². The van der Waals surface area contributed by atoms with Crippen LogP contribution in [-0.2, 0) is 9.84 Å². The molecule has 0 radical (unpaired) electrons. The molecule has 0 spiro atoms. The molecule has 1 aromatic rings. The molecule has 1 aromatic carbocycles. The first-order valence-electron chi connectivity index (χ1n) is 5.41. The van der Waals surface area contributed by atoms with Crippen LogP contribution in [0.4, 0.5) is 0 Å². The Morgan fingerprint density at radius 1 is 1.29 bits per heavy atom. The van der Waals surface area contributed by atoms with Crippen molar-refractivity contribution in [3.8, 4) is 6.07 Å². The topological polar surface area (TPSA) is 57.9 Å². The predicted octanol–water partition coefficient (Wildman–Crippen LogP) is 2.46. The molecule has 88 valence electrons. The summed E-state index contributed by atoms with van der Waals surface area (Å²) in [6, 6.07) is 10.2. The fourth-order valence-electron chi connectivity index (χ4n) is 2.10. The first-order chi connectivity index (χ1) is 8.02. The SMILES string of the molecule is CC1=CC(C#N)(S(=O)(=O)c2ccccc2)CC1. The Bertz CT molecular complexity index is 596. The van der Waals surface area contributed by atoms with Crippen molar-refractivity contribution in [2.45, 2.75) is 29.4 Å². The summed E-state index contributed by atoms with van der Waals surface area (Å²) in [5.74, 6) is 0. The van der Waals surface area contributed by atoms with E-state index in [1.807, 2.05) is 13.0 Å². The van der Waals surface area contributed by atoms with Gasteiger partial charge in [-0.05, 0) is 31.9 Å². The summed E-state index contributed by atoms with van der Waals surface area (Å²) < 4.78 is 23.6. The van der Waals surface area contributed by atoms with Gasteiger partial charge in [0.1, 0.15) is 0 Å². The van der Waals surface area contributed by atoms with Gasteiger partial charge in [0.2, 0.25) is 9.84 Å². The van der Waals surface area contributed by atoms with Crippen LogP contribution in [0.3, 0.4) is 0 Å². The third-order valence-corrected chi connectivity index (χ3v) is 5.36. The minimum Gasteiger partial charge on any atom is -0.222 e. The molecule has 2 rings (SSSR count). The fraction of sp³-hybridized carbons (Fsp3) is 0.308. The van der Waals surface area contributed by atoms with E-state index in [1.54, 1.807) is 24.3 Å². The van der Waals surface area contributed by atoms with Crippen LogP contribution in [-0.4, -0.2) is 13.2 Å². The number of hydrogen-bond acceptors (Lipinski definition) is 3. The maximum Gasteiger partial charge on any atom is 0.201 e. The Balaban J connectivity index is 2.58. The molecule has 1 unspecified atom stereocenters. The van der Waals surface area contributed by atoms with Gasteiger partial charge in [0, 0.05) is 0 Å². The summed E-state index contributed by atoms with van der Waals surface area (Å²) >= 11 is 0. The fourth-order valence-corrected chi connectivity index (χ4v) is 3.88. The summed E-state index contributed by atoms with van der Waals surface area (Å²) in [6.45, 7) is 1.86. The highest BCUT2D eigenvalue weighted by atomic mass is 32.2. The Morgan fingerprint density at radius 2 is 1.94 bits per heavy atom. The molecule has 1 aliphatic carbocycles. The van der Waals surface area contributed by atoms with Gasteiger partial charge >= 0.3 is 0 Å². The van der Waals surface area contributed by atoms with Crippen molar-refractivity contribution < 1.29 is 8.42 Å². The zero-order valence-corrected chi connectivity index (χ0v) is 10.4. The average Bonchev–Trinajstić information content (AvgIpc) is 2.74. The monoisotopic (exact) mass is 247 g/mol. The molecule has 0 amide bonds. The lowest BCUT2D eigenvalue weighted by atomic mass is 10.1. The molecule has 0 aliphatic heterocycles. The van der Waals surface area contributed by atoms with Crippen molar-refractivity contribution in [1.82, 2.24) is 0 Å². The summed E-state index contributed by atoms with van der Waals surface area (Å²) in [5.41, 5.74) is 0.964. The van der Waals surface area contributed by atoms with Gasteiger partial charge in [-0.3, -0.25) is 0 Å². The van der Waals surface area contributed by atoms with Gasteiger partial charge in [-0.25, -0.2) is 8.42 Å². The lowest BCUT2D eigenvalue weighted by molar-refractivity contribution is 0.573. The maximum atomic E-state index is 12.5. The zero-order chi connectivity index (χ0) is 12.5. The van der Waals surface area contributed by atoms with Crippen LogP contribution in [0.2, 0.25) is 0 Å². The van der Waals surface area contributed by atoms with Crippen LogP contribution >= 0.6 is 0 Å². The molecule has 17 heavy (non-hydrogen) atoms. The van der Waals surface area contributed by atoms with E-state index in [1.165, 1.54) is 12.1 Å². The Kier molecular flexibility index (Phi) is 2.80. The van der Waals surface area contributed by atoms with Crippen LogP contribution in [0, 0.1) is 11.3 Å². The summed E-state index contributed by atoms with van der Waals surface area (Å²) in [5, 5.41) is 9.26. The van der Waals surface area contributed by atoms with E-state index in [2.05, 4.69) is 0 Å². The molecule has 0 bridgehead atoms. The highest BCUT2D eigenvalue weighted by molar-refractivity contribution is 7.93. The van der Waals surface area contributed by atoms with Crippen molar-refractivity contribution in [2.24, 2.45) is 0 Å². The molecule has 0 saturated heterocycles. The lowest BCUT2D eigenvalue weighted by Gasteiger charge is -2.18. The van der Waals surface area contributed by atoms with Gasteiger partial charge < -0.3 is 0 Å². The summed E-state index contributed by atoms with van der Waals surface area (Å²) in [6.07, 6.45) is 2.61. The van der Waals surface area contributed by atoms with E-state index in [9.17, 15) is 13.7 Å². The molecular formula is C13H13NO2S. The van der Waals surface area contributed by atoms with E-state index in [0.717, 1.165) is 5.57 Å². The second-order valence-corrected chi connectivity index (χ2v) is 6.52. The minimum atomic E-state index is -3.62. The number of allylic oxidation sites excluding steroid dienone is 1. The molecule has 3 nitrogen and oxygen atoms in total. The number of benzene rings is 1. The van der Waals surface area contributed by atoms with Crippen LogP contribution in [0.25, 0.3) is 0 Å². The molecule has 1 atom stereocenters. The van der Waals surface area contributed by atoms with Crippen molar-refractivity contribution >= 4 is 9.84 Å². The van der Waals surface area contributed by atoms with E-state index in [0.29, 0.717) is 12.8 Å². The van der Waals surface area contributed by atoms with Gasteiger partial charge in [0.25, 0.3) is 0 Å². The molecule has 0 fully saturated rings. The molecule has 1 aliphatic rings. The third-order valence-electron chi connectivity index (χ3n) is 3.09. The van der Waals surface area contributed by atoms with E-state index < -0.39 is 14.6 Å². The second kappa shape index (κ2) is 4.01. The van der Waals surface area contributed by atoms with Gasteiger partial charge in [-0.15, -0.1) is 0 Å². The van der Waals surface area contributed by atoms with Crippen LogP contribution < -0.4 is 0 Å². The lowest BCUT2D eigenvalue weighted by Crippen LogP contribution is -2.33. The van der Waals surface area contributed by atoms with Crippen LogP contribution in [0.1, 0.15) is 19.8 Å². The van der Waals surface area contributed by atoms with Gasteiger partial charge in [-0.1, -0.05) is 29.8 Å². The highest BCUT2D eigenvalue weighted by Crippen LogP contribution is 2.38. The van der Waals surface area contributed by atoms with Gasteiger partial charge in [-0.2, -0.15) is 5.26 Å². The molecule has 4 heteroatoms. The Labute approximate surface area is 101 Å². The molecule has 0 saturated carbocycles. The Morgan fingerprint density at radius 3 is 2.41 bits per heavy atom. The quantitative estimate of drug-likeness (QED) is 0.754. The summed E-state index contributed by atoms with van der Waals surface area (Å²) in [4.78, 5) is 0.215. The zero-order valence-electron chi connectivity index (χ0n) is 9.55. The number of nitrogens with zero attached hydrogens (tertiary/aromatic N) is 1. The van der Waals surface area contributed by atoms with Crippen LogP contribution in [0.15, 0.2) is 46.9 Å². The minimum absolute atomic E-state index is 0.215. The number of sulfone groups is 1. The van der Waals surface area contributed by atoms with Crippen LogP contribution in [0.5, 0.6) is 0 Å². The number of rotatable bonds is 2. The maximum absolute atomic E-state index is 12.5. The predicted molar refractivity (Wildman–Crippen MR) is 65.0 cm³/mol. The van der Waals surface area contributed by atoms with E-state index in [4.69, 9.17) is 0 Å². The van der Waals surface area contributed by atoms with Crippen molar-refractivity contribution in [2.75, 3.05) is 0 Å². The number of hydrogen-bond donors (Lipinski definition) is 0. The van der Waals surface area contributed by atoms with Crippen molar-refractivity contribution in [3.63, 3.8) is 0 Å². The molecule has 0 aromatic heterocycles. The molecule has 0 heterocycles. The van der Waals surface area contributed by atoms with E-state index in [-0.39, 0.29) is 4.90 Å². The first kappa shape index (κ1) is 11.9. The van der Waals surface area contributed by atoms with Crippen molar-refractivity contribution in [1.29, 1.82) is 5.26 Å². The Hall–Kier alpha value is -1.60. The smallest absolute Gasteiger partial charge is 0.201 e. The standard InChI is InChI=1S/C13H13NO2S/c1-11-7-8-13(9-11,10-14)17(15,16)12-5-3-2-4-6-12/h2-6,9H,7-8H2,1H3. The normalized spacial score (nSPS) is 24.1. The average molecular weight is 247 g/mol. The third kappa shape index (κ3) is 1.77. The highest BCUT2D eigenvalue weighted by Gasteiger charge is 2.45.